The SMILES string of the molecule is O=C(NCC(O)c1ccccc1Cl)c1n[nH]c2c1CCC2. The van der Waals surface area contributed by atoms with E-state index in [4.69, 9.17) is 11.6 Å². The van der Waals surface area contributed by atoms with Crippen LogP contribution in [0.25, 0.3) is 0 Å². The van der Waals surface area contributed by atoms with Crippen LogP contribution in [0, 0.1) is 0 Å². The molecular weight excluding hydrogens is 290 g/mol. The second-order valence-corrected chi connectivity index (χ2v) is 5.54. The molecule has 2 aromatic rings. The molecule has 5 nitrogen and oxygen atoms in total. The van der Waals surface area contributed by atoms with E-state index in [1.54, 1.807) is 24.3 Å². The molecule has 1 unspecified atom stereocenters. The van der Waals surface area contributed by atoms with Crippen molar-refractivity contribution < 1.29 is 9.90 Å². The Labute approximate surface area is 127 Å². The lowest BCUT2D eigenvalue weighted by molar-refractivity contribution is 0.0910. The Morgan fingerprint density at radius 1 is 1.43 bits per heavy atom. The summed E-state index contributed by atoms with van der Waals surface area (Å²) >= 11 is 6.02. The lowest BCUT2D eigenvalue weighted by atomic mass is 10.1. The van der Waals surface area contributed by atoms with Crippen LogP contribution in [0.5, 0.6) is 0 Å². The number of aryl methyl sites for hydroxylation is 1. The van der Waals surface area contributed by atoms with Gasteiger partial charge in [-0.25, -0.2) is 0 Å². The number of nitrogens with one attached hydrogen (secondary N) is 2. The molecule has 21 heavy (non-hydrogen) atoms. The first-order valence-electron chi connectivity index (χ1n) is 6.93. The van der Waals surface area contributed by atoms with E-state index in [0.717, 1.165) is 30.5 Å². The van der Waals surface area contributed by atoms with Crippen molar-refractivity contribution in [1.29, 1.82) is 0 Å². The number of carbonyl (C=O) groups is 1. The molecule has 3 N–H and O–H groups in total. The third-order valence-electron chi connectivity index (χ3n) is 3.74. The smallest absolute Gasteiger partial charge is 0.272 e. The number of H-pyrrole nitrogens is 1. The second kappa shape index (κ2) is 5.87. The van der Waals surface area contributed by atoms with Gasteiger partial charge in [-0.2, -0.15) is 5.10 Å². The molecule has 0 fully saturated rings. The number of fused-ring (bicyclic) bond motifs is 1. The topological polar surface area (TPSA) is 78.0 Å². The van der Waals surface area contributed by atoms with Gasteiger partial charge in [0.15, 0.2) is 5.69 Å². The summed E-state index contributed by atoms with van der Waals surface area (Å²) in [5.41, 5.74) is 3.09. The third kappa shape index (κ3) is 2.80. The van der Waals surface area contributed by atoms with Crippen molar-refractivity contribution in [2.75, 3.05) is 6.54 Å². The van der Waals surface area contributed by atoms with Gasteiger partial charge in [0.05, 0.1) is 6.10 Å². The standard InChI is InChI=1S/C15H16ClN3O2/c16-11-6-2-1-4-9(11)13(20)8-17-15(21)14-10-5-3-7-12(10)18-19-14/h1-2,4,6,13,20H,3,5,7-8H2,(H,17,21)(H,18,19). The average molecular weight is 306 g/mol. The molecule has 0 bridgehead atoms. The van der Waals surface area contributed by atoms with Crippen LogP contribution in [0.15, 0.2) is 24.3 Å². The van der Waals surface area contributed by atoms with Crippen LogP contribution >= 0.6 is 11.6 Å². The number of aliphatic hydroxyl groups excluding tert-OH is 1. The molecule has 0 radical (unpaired) electrons. The van der Waals surface area contributed by atoms with Gasteiger partial charge in [-0.05, 0) is 25.3 Å². The van der Waals surface area contributed by atoms with Gasteiger partial charge in [-0.3, -0.25) is 9.89 Å². The van der Waals surface area contributed by atoms with Crippen molar-refractivity contribution >= 4 is 17.5 Å². The molecular formula is C15H16ClN3O2. The molecule has 1 aliphatic rings. The Bertz CT molecular complexity index is 669. The van der Waals surface area contributed by atoms with Gasteiger partial charge in [-0.15, -0.1) is 0 Å². The highest BCUT2D eigenvalue weighted by atomic mass is 35.5. The highest BCUT2D eigenvalue weighted by Crippen LogP contribution is 2.24. The highest BCUT2D eigenvalue weighted by Gasteiger charge is 2.23. The summed E-state index contributed by atoms with van der Waals surface area (Å²) in [4.78, 5) is 12.1. The first-order valence-corrected chi connectivity index (χ1v) is 7.31. The first-order chi connectivity index (χ1) is 10.2. The van der Waals surface area contributed by atoms with E-state index in [1.165, 1.54) is 0 Å². The van der Waals surface area contributed by atoms with Crippen LogP contribution in [0.3, 0.4) is 0 Å². The summed E-state index contributed by atoms with van der Waals surface area (Å²) in [6.45, 7) is 0.101. The second-order valence-electron chi connectivity index (χ2n) is 5.13. The summed E-state index contributed by atoms with van der Waals surface area (Å²) in [6, 6.07) is 7.05. The largest absolute Gasteiger partial charge is 0.387 e. The Hall–Kier alpha value is -1.85. The van der Waals surface area contributed by atoms with Crippen molar-refractivity contribution in [3.05, 3.63) is 51.8 Å². The Morgan fingerprint density at radius 2 is 2.24 bits per heavy atom. The normalized spacial score (nSPS) is 14.8. The minimum atomic E-state index is -0.838. The fourth-order valence-corrected chi connectivity index (χ4v) is 2.90. The summed E-state index contributed by atoms with van der Waals surface area (Å²) in [5.74, 6) is -0.263. The van der Waals surface area contributed by atoms with Gasteiger partial charge >= 0.3 is 0 Å². The van der Waals surface area contributed by atoms with Crippen LogP contribution in [-0.2, 0) is 12.8 Å². The number of rotatable bonds is 4. The minimum absolute atomic E-state index is 0.101. The van der Waals surface area contributed by atoms with Crippen molar-refractivity contribution in [3.8, 4) is 0 Å². The third-order valence-corrected chi connectivity index (χ3v) is 4.09. The maximum absolute atomic E-state index is 12.1. The Balaban J connectivity index is 1.65. The summed E-state index contributed by atoms with van der Waals surface area (Å²) in [6.07, 6.45) is 2.03. The van der Waals surface area contributed by atoms with Gasteiger partial charge < -0.3 is 10.4 Å². The number of amides is 1. The molecule has 0 spiro atoms. The molecule has 0 saturated heterocycles. The van der Waals surface area contributed by atoms with Crippen LogP contribution in [0.4, 0.5) is 0 Å². The first kappa shape index (κ1) is 14.1. The summed E-state index contributed by atoms with van der Waals surface area (Å²) in [5, 5.41) is 20.3. The van der Waals surface area contributed by atoms with Crippen molar-refractivity contribution in [1.82, 2.24) is 15.5 Å². The monoisotopic (exact) mass is 305 g/mol. The molecule has 1 amide bonds. The number of hydrogen-bond donors (Lipinski definition) is 3. The minimum Gasteiger partial charge on any atom is -0.387 e. The molecule has 1 aliphatic carbocycles. The molecule has 1 atom stereocenters. The number of hydrogen-bond acceptors (Lipinski definition) is 3. The number of aromatic nitrogens is 2. The summed E-state index contributed by atoms with van der Waals surface area (Å²) in [7, 11) is 0. The number of aliphatic hydroxyl groups is 1. The lowest BCUT2D eigenvalue weighted by Crippen LogP contribution is -2.29. The van der Waals surface area contributed by atoms with E-state index in [0.29, 0.717) is 16.3 Å². The van der Waals surface area contributed by atoms with E-state index in [-0.39, 0.29) is 12.5 Å². The Kier molecular flexibility index (Phi) is 3.94. The summed E-state index contributed by atoms with van der Waals surface area (Å²) < 4.78 is 0. The van der Waals surface area contributed by atoms with E-state index in [1.807, 2.05) is 0 Å². The van der Waals surface area contributed by atoms with Gasteiger partial charge in [0.2, 0.25) is 0 Å². The molecule has 6 heteroatoms. The predicted octanol–water partition coefficient (Wildman–Crippen LogP) is 2.02. The van der Waals surface area contributed by atoms with Crippen molar-refractivity contribution in [2.45, 2.75) is 25.4 Å². The number of carbonyl (C=O) groups excluding carboxylic acids is 1. The van der Waals surface area contributed by atoms with Gasteiger partial charge in [-0.1, -0.05) is 29.8 Å². The number of halogens is 1. The van der Waals surface area contributed by atoms with E-state index in [2.05, 4.69) is 15.5 Å². The van der Waals surface area contributed by atoms with E-state index >= 15 is 0 Å². The van der Waals surface area contributed by atoms with E-state index in [9.17, 15) is 9.90 Å². The molecule has 110 valence electrons. The van der Waals surface area contributed by atoms with E-state index < -0.39 is 6.10 Å². The maximum atomic E-state index is 12.1. The maximum Gasteiger partial charge on any atom is 0.272 e. The van der Waals surface area contributed by atoms with Gasteiger partial charge in [0, 0.05) is 28.4 Å². The zero-order chi connectivity index (χ0) is 14.8. The predicted molar refractivity (Wildman–Crippen MR) is 79.4 cm³/mol. The molecule has 1 aromatic heterocycles. The molecule has 1 aromatic carbocycles. The van der Waals surface area contributed by atoms with Crippen molar-refractivity contribution in [2.24, 2.45) is 0 Å². The van der Waals surface area contributed by atoms with Crippen LogP contribution in [0.2, 0.25) is 5.02 Å². The number of aromatic amines is 1. The zero-order valence-electron chi connectivity index (χ0n) is 11.4. The lowest BCUT2D eigenvalue weighted by Gasteiger charge is -2.13. The molecule has 0 saturated carbocycles. The van der Waals surface area contributed by atoms with Crippen molar-refractivity contribution in [3.63, 3.8) is 0 Å². The quantitative estimate of drug-likeness (QED) is 0.808. The molecule has 1 heterocycles. The fraction of sp³-hybridized carbons (Fsp3) is 0.333. The van der Waals surface area contributed by atoms with Crippen LogP contribution < -0.4 is 5.32 Å². The zero-order valence-corrected chi connectivity index (χ0v) is 12.2. The highest BCUT2D eigenvalue weighted by molar-refractivity contribution is 6.31. The van der Waals surface area contributed by atoms with Gasteiger partial charge in [0.25, 0.3) is 5.91 Å². The molecule has 3 rings (SSSR count). The fourth-order valence-electron chi connectivity index (χ4n) is 2.64. The van der Waals surface area contributed by atoms with Gasteiger partial charge in [0.1, 0.15) is 0 Å². The molecule has 0 aliphatic heterocycles. The average Bonchev–Trinajstić information content (AvgIpc) is 3.07. The Morgan fingerprint density at radius 3 is 3.05 bits per heavy atom. The number of nitrogens with zero attached hydrogens (tertiary/aromatic N) is 1. The van der Waals surface area contributed by atoms with Crippen LogP contribution in [0.1, 0.15) is 39.8 Å². The van der Waals surface area contributed by atoms with Crippen LogP contribution in [-0.4, -0.2) is 27.8 Å². The number of benzene rings is 1.